The zero-order valence-corrected chi connectivity index (χ0v) is 17.9. The van der Waals surface area contributed by atoms with Gasteiger partial charge in [0.05, 0.1) is 5.69 Å². The average Bonchev–Trinajstić information content (AvgIpc) is 3.35. The Morgan fingerprint density at radius 3 is 2.36 bits per heavy atom. The predicted molar refractivity (Wildman–Crippen MR) is 114 cm³/mol. The quantitative estimate of drug-likeness (QED) is 0.595. The zero-order valence-electron chi connectivity index (χ0n) is 17.9. The summed E-state index contributed by atoms with van der Waals surface area (Å²) in [5.74, 6) is -1.78. The van der Waals surface area contributed by atoms with Crippen LogP contribution in [0.1, 0.15) is 31.4 Å². The first-order valence-corrected chi connectivity index (χ1v) is 10.3. The molecule has 9 nitrogen and oxygen atoms in total. The maximum absolute atomic E-state index is 10.6. The van der Waals surface area contributed by atoms with Crippen LogP contribution in [0.3, 0.4) is 0 Å². The van der Waals surface area contributed by atoms with Gasteiger partial charge < -0.3 is 15.3 Å². The Labute approximate surface area is 188 Å². The molecule has 0 spiro atoms. The van der Waals surface area contributed by atoms with Crippen molar-refractivity contribution in [2.45, 2.75) is 38.0 Å². The molecule has 3 heterocycles. The maximum atomic E-state index is 10.6. The number of anilines is 1. The van der Waals surface area contributed by atoms with Gasteiger partial charge in [-0.05, 0) is 49.6 Å². The molecule has 1 fully saturated rings. The molecule has 3 aromatic rings. The number of carbonyl (C=O) groups is 1. The molecule has 1 atom stereocenters. The Kier molecular flexibility index (Phi) is 7.93. The molecule has 0 amide bonds. The minimum absolute atomic E-state index is 0.313. The Hall–Kier alpha value is -3.54. The standard InChI is InChI=1S/C19H23N7.C2HF3O2/c1-15(16-4-6-18(7-5-16)26-14-20-13-22-26)23-17-8-11-25(12-9-17)19-3-2-10-21-24-19;3-2(4,5)1(6)7/h2-7,10,13-15,17,23H,8-9,11-12H2,1H3;(H,6,7). The molecular weight excluding hydrogens is 439 g/mol. The van der Waals surface area contributed by atoms with E-state index in [1.165, 1.54) is 5.56 Å². The summed E-state index contributed by atoms with van der Waals surface area (Å²) < 4.78 is 33.5. The van der Waals surface area contributed by atoms with E-state index in [4.69, 9.17) is 9.90 Å². The number of halogens is 3. The Balaban J connectivity index is 0.000000383. The lowest BCUT2D eigenvalue weighted by atomic mass is 10.0. The lowest BCUT2D eigenvalue weighted by molar-refractivity contribution is -0.192. The lowest BCUT2D eigenvalue weighted by Gasteiger charge is -2.34. The van der Waals surface area contributed by atoms with E-state index in [0.717, 1.165) is 37.4 Å². The topological polar surface area (TPSA) is 109 Å². The molecule has 2 N–H and O–H groups in total. The number of aliphatic carboxylic acids is 1. The number of carboxylic acids is 1. The molecule has 33 heavy (non-hydrogen) atoms. The number of nitrogens with zero attached hydrogens (tertiary/aromatic N) is 6. The monoisotopic (exact) mass is 463 g/mol. The van der Waals surface area contributed by atoms with E-state index in [1.807, 2.05) is 12.1 Å². The summed E-state index contributed by atoms with van der Waals surface area (Å²) in [5.41, 5.74) is 2.31. The normalized spacial score (nSPS) is 15.5. The molecule has 0 saturated carbocycles. The van der Waals surface area contributed by atoms with Gasteiger partial charge in [-0.3, -0.25) is 0 Å². The fourth-order valence-electron chi connectivity index (χ4n) is 3.44. The fourth-order valence-corrected chi connectivity index (χ4v) is 3.44. The third-order valence-corrected chi connectivity index (χ3v) is 5.18. The number of piperidine rings is 1. The van der Waals surface area contributed by atoms with Crippen molar-refractivity contribution in [3.8, 4) is 5.69 Å². The summed E-state index contributed by atoms with van der Waals surface area (Å²) in [6.07, 6.45) is 2.11. The van der Waals surface area contributed by atoms with Crippen molar-refractivity contribution in [1.29, 1.82) is 0 Å². The van der Waals surface area contributed by atoms with Crippen LogP contribution in [0.15, 0.2) is 55.2 Å². The second kappa shape index (κ2) is 10.9. The van der Waals surface area contributed by atoms with Crippen LogP contribution in [0.5, 0.6) is 0 Å². The van der Waals surface area contributed by atoms with E-state index >= 15 is 0 Å². The van der Waals surface area contributed by atoms with E-state index in [9.17, 15) is 13.2 Å². The van der Waals surface area contributed by atoms with Crippen molar-refractivity contribution < 1.29 is 23.1 Å². The molecule has 1 aliphatic rings. The predicted octanol–water partition coefficient (Wildman–Crippen LogP) is 3.01. The molecule has 0 bridgehead atoms. The Morgan fingerprint density at radius 2 is 1.85 bits per heavy atom. The van der Waals surface area contributed by atoms with Crippen LogP contribution < -0.4 is 10.2 Å². The largest absolute Gasteiger partial charge is 0.490 e. The molecule has 4 rings (SSSR count). The molecule has 1 saturated heterocycles. The molecule has 1 aliphatic heterocycles. The van der Waals surface area contributed by atoms with Crippen molar-refractivity contribution in [3.05, 3.63) is 60.8 Å². The van der Waals surface area contributed by atoms with Crippen LogP contribution in [0.4, 0.5) is 19.0 Å². The van der Waals surface area contributed by atoms with Crippen molar-refractivity contribution in [2.75, 3.05) is 18.0 Å². The number of aromatic nitrogens is 5. The van der Waals surface area contributed by atoms with Crippen LogP contribution in [-0.2, 0) is 4.79 Å². The number of alkyl halides is 3. The van der Waals surface area contributed by atoms with Crippen molar-refractivity contribution in [3.63, 3.8) is 0 Å². The van der Waals surface area contributed by atoms with Gasteiger partial charge in [0, 0.05) is 31.4 Å². The first kappa shape index (κ1) is 24.1. The van der Waals surface area contributed by atoms with Gasteiger partial charge in [0.2, 0.25) is 0 Å². The van der Waals surface area contributed by atoms with Crippen LogP contribution in [0, 0.1) is 0 Å². The Morgan fingerprint density at radius 1 is 1.18 bits per heavy atom. The third kappa shape index (κ3) is 6.97. The summed E-state index contributed by atoms with van der Waals surface area (Å²) in [6.45, 7) is 4.24. The van der Waals surface area contributed by atoms with Gasteiger partial charge in [-0.15, -0.1) is 5.10 Å². The number of benzene rings is 1. The highest BCUT2D eigenvalue weighted by atomic mass is 19.4. The number of carboxylic acid groups (broad SMARTS) is 1. The summed E-state index contributed by atoms with van der Waals surface area (Å²) >= 11 is 0. The molecule has 1 unspecified atom stereocenters. The summed E-state index contributed by atoms with van der Waals surface area (Å²) in [4.78, 5) is 15.2. The molecular formula is C21H24F3N7O2. The minimum atomic E-state index is -5.08. The molecule has 0 aliphatic carbocycles. The van der Waals surface area contributed by atoms with Crippen molar-refractivity contribution in [1.82, 2.24) is 30.3 Å². The highest BCUT2D eigenvalue weighted by Crippen LogP contribution is 2.21. The first-order chi connectivity index (χ1) is 15.7. The average molecular weight is 463 g/mol. The van der Waals surface area contributed by atoms with Crippen LogP contribution in [0.2, 0.25) is 0 Å². The third-order valence-electron chi connectivity index (χ3n) is 5.18. The summed E-state index contributed by atoms with van der Waals surface area (Å²) in [5, 5.41) is 23.2. The number of hydrogen-bond acceptors (Lipinski definition) is 7. The lowest BCUT2D eigenvalue weighted by Crippen LogP contribution is -2.43. The molecule has 12 heteroatoms. The van der Waals surface area contributed by atoms with Gasteiger partial charge in [-0.2, -0.15) is 23.4 Å². The van der Waals surface area contributed by atoms with Crippen LogP contribution in [0.25, 0.3) is 5.69 Å². The van der Waals surface area contributed by atoms with Crippen molar-refractivity contribution >= 4 is 11.8 Å². The van der Waals surface area contributed by atoms with Gasteiger partial charge in [0.15, 0.2) is 5.82 Å². The SMILES string of the molecule is CC(NC1CCN(c2cccnn2)CC1)c1ccc(-n2cncn2)cc1.O=C(O)C(F)(F)F. The number of rotatable bonds is 5. The fraction of sp³-hybridized carbons (Fsp3) is 0.381. The van der Waals surface area contributed by atoms with Gasteiger partial charge >= 0.3 is 12.1 Å². The smallest absolute Gasteiger partial charge is 0.475 e. The second-order valence-corrected chi connectivity index (χ2v) is 7.47. The highest BCUT2D eigenvalue weighted by molar-refractivity contribution is 5.73. The highest BCUT2D eigenvalue weighted by Gasteiger charge is 2.38. The van der Waals surface area contributed by atoms with E-state index in [1.54, 1.807) is 23.5 Å². The van der Waals surface area contributed by atoms with E-state index in [-0.39, 0.29) is 0 Å². The van der Waals surface area contributed by atoms with Crippen LogP contribution >= 0.6 is 0 Å². The van der Waals surface area contributed by atoms with Gasteiger partial charge in [0.25, 0.3) is 0 Å². The number of nitrogens with one attached hydrogen (secondary N) is 1. The van der Waals surface area contributed by atoms with Crippen molar-refractivity contribution in [2.24, 2.45) is 0 Å². The Bertz CT molecular complexity index is 991. The molecule has 2 aromatic heterocycles. The number of hydrogen-bond donors (Lipinski definition) is 2. The van der Waals surface area contributed by atoms with Gasteiger partial charge in [-0.25, -0.2) is 14.5 Å². The molecule has 176 valence electrons. The summed E-state index contributed by atoms with van der Waals surface area (Å²) in [6, 6.07) is 13.3. The van der Waals surface area contributed by atoms with Gasteiger partial charge in [0.1, 0.15) is 12.7 Å². The molecule has 0 radical (unpaired) electrons. The first-order valence-electron chi connectivity index (χ1n) is 10.3. The van der Waals surface area contributed by atoms with Gasteiger partial charge in [-0.1, -0.05) is 12.1 Å². The van der Waals surface area contributed by atoms with E-state index in [0.29, 0.717) is 12.1 Å². The van der Waals surface area contributed by atoms with Crippen LogP contribution in [-0.4, -0.2) is 61.3 Å². The van der Waals surface area contributed by atoms with E-state index in [2.05, 4.69) is 61.7 Å². The van der Waals surface area contributed by atoms with E-state index < -0.39 is 12.1 Å². The zero-order chi connectivity index (χ0) is 23.8. The maximum Gasteiger partial charge on any atom is 0.490 e. The molecule has 1 aromatic carbocycles. The second-order valence-electron chi connectivity index (χ2n) is 7.47. The minimum Gasteiger partial charge on any atom is -0.475 e. The summed E-state index contributed by atoms with van der Waals surface area (Å²) in [7, 11) is 0.